The smallest absolute Gasteiger partial charge is 0.0420 e. The third-order valence-corrected chi connectivity index (χ3v) is 2.71. The van der Waals surface area contributed by atoms with Crippen LogP contribution in [0, 0.1) is 5.92 Å². The minimum absolute atomic E-state index is 0.0741. The first-order valence-electron chi connectivity index (χ1n) is 4.70. The first-order valence-corrected chi connectivity index (χ1v) is 5.87. The summed E-state index contributed by atoms with van der Waals surface area (Å²) in [7, 11) is 0. The molecule has 0 aliphatic heterocycles. The summed E-state index contributed by atoms with van der Waals surface area (Å²) in [6, 6.07) is 5.90. The average molecular weight is 277 g/mol. The minimum atomic E-state index is 0.0741. The molecule has 0 aliphatic carbocycles. The molecule has 0 heterocycles. The van der Waals surface area contributed by atoms with Gasteiger partial charge in [0.25, 0.3) is 0 Å². The molecule has 1 nitrogen and oxygen atoms in total. The van der Waals surface area contributed by atoms with Crippen LogP contribution in [0.2, 0.25) is 5.02 Å². The van der Waals surface area contributed by atoms with Crippen molar-refractivity contribution >= 4 is 27.5 Å². The molecule has 1 atom stereocenters. The van der Waals surface area contributed by atoms with Gasteiger partial charge in [0, 0.05) is 15.5 Å². The minimum Gasteiger partial charge on any atom is -0.324 e. The zero-order valence-electron chi connectivity index (χ0n) is 8.43. The molecule has 0 aromatic heterocycles. The van der Waals surface area contributed by atoms with E-state index in [1.807, 2.05) is 18.2 Å². The van der Waals surface area contributed by atoms with Crippen LogP contribution in [0.15, 0.2) is 22.7 Å². The molecule has 0 spiro atoms. The lowest BCUT2D eigenvalue weighted by atomic mass is 9.98. The van der Waals surface area contributed by atoms with Crippen molar-refractivity contribution < 1.29 is 0 Å². The Balaban J connectivity index is 2.84. The van der Waals surface area contributed by atoms with Crippen molar-refractivity contribution in [3.8, 4) is 0 Å². The van der Waals surface area contributed by atoms with E-state index in [1.54, 1.807) is 0 Å². The van der Waals surface area contributed by atoms with Gasteiger partial charge in [-0.1, -0.05) is 41.4 Å². The highest BCUT2D eigenvalue weighted by Crippen LogP contribution is 2.25. The van der Waals surface area contributed by atoms with Crippen molar-refractivity contribution in [2.45, 2.75) is 26.3 Å². The summed E-state index contributed by atoms with van der Waals surface area (Å²) in [6.07, 6.45) is 0.979. The second kappa shape index (κ2) is 5.15. The van der Waals surface area contributed by atoms with Crippen LogP contribution in [-0.2, 0) is 0 Å². The molecule has 1 rings (SSSR count). The lowest BCUT2D eigenvalue weighted by Crippen LogP contribution is -2.12. The fraction of sp³-hybridized carbons (Fsp3) is 0.455. The number of hydrogen-bond donors (Lipinski definition) is 1. The van der Waals surface area contributed by atoms with Crippen molar-refractivity contribution in [1.29, 1.82) is 0 Å². The predicted molar refractivity (Wildman–Crippen MR) is 65.5 cm³/mol. The molecule has 0 aliphatic rings. The maximum absolute atomic E-state index is 6.05. The molecule has 1 unspecified atom stereocenters. The maximum Gasteiger partial charge on any atom is 0.0420 e. The zero-order valence-corrected chi connectivity index (χ0v) is 10.8. The normalized spacial score (nSPS) is 13.3. The third-order valence-electron chi connectivity index (χ3n) is 2.04. The van der Waals surface area contributed by atoms with Crippen molar-refractivity contribution in [1.82, 2.24) is 0 Å². The van der Waals surface area contributed by atoms with E-state index in [0.717, 1.165) is 21.5 Å². The molecule has 0 radical (unpaired) electrons. The van der Waals surface area contributed by atoms with Crippen molar-refractivity contribution in [3.05, 3.63) is 33.3 Å². The van der Waals surface area contributed by atoms with Gasteiger partial charge < -0.3 is 5.73 Å². The fourth-order valence-corrected chi connectivity index (χ4v) is 2.32. The summed E-state index contributed by atoms with van der Waals surface area (Å²) in [5, 5.41) is 0.730. The molecule has 0 bridgehead atoms. The van der Waals surface area contributed by atoms with Crippen LogP contribution in [0.25, 0.3) is 0 Å². The second-order valence-electron chi connectivity index (χ2n) is 3.94. The van der Waals surface area contributed by atoms with E-state index in [4.69, 9.17) is 17.3 Å². The van der Waals surface area contributed by atoms with E-state index < -0.39 is 0 Å². The lowest BCUT2D eigenvalue weighted by molar-refractivity contribution is 0.510. The van der Waals surface area contributed by atoms with E-state index in [0.29, 0.717) is 5.92 Å². The number of halogens is 2. The summed E-state index contributed by atoms with van der Waals surface area (Å²) in [6.45, 7) is 4.33. The number of nitrogens with two attached hydrogens (primary N) is 1. The highest BCUT2D eigenvalue weighted by molar-refractivity contribution is 9.10. The Labute approximate surface area is 98.8 Å². The SMILES string of the molecule is CC(C)CC(N)c1cc(Cl)cc(Br)c1. The second-order valence-corrected chi connectivity index (χ2v) is 5.29. The Kier molecular flexibility index (Phi) is 4.42. The summed E-state index contributed by atoms with van der Waals surface area (Å²) >= 11 is 9.35. The van der Waals surface area contributed by atoms with Gasteiger partial charge in [0.2, 0.25) is 0 Å². The van der Waals surface area contributed by atoms with Gasteiger partial charge >= 0.3 is 0 Å². The van der Waals surface area contributed by atoms with Gasteiger partial charge in [0.05, 0.1) is 0 Å². The van der Waals surface area contributed by atoms with Gasteiger partial charge in [-0.2, -0.15) is 0 Å². The molecule has 0 saturated carbocycles. The molecule has 78 valence electrons. The summed E-state index contributed by atoms with van der Waals surface area (Å²) in [5.41, 5.74) is 7.15. The van der Waals surface area contributed by atoms with Gasteiger partial charge in [-0.3, -0.25) is 0 Å². The number of rotatable bonds is 3. The molecule has 14 heavy (non-hydrogen) atoms. The van der Waals surface area contributed by atoms with Crippen molar-refractivity contribution in [3.63, 3.8) is 0 Å². The predicted octanol–water partition coefficient (Wildman–Crippen LogP) is 4.15. The highest BCUT2D eigenvalue weighted by atomic mass is 79.9. The van der Waals surface area contributed by atoms with E-state index in [-0.39, 0.29) is 6.04 Å². The largest absolute Gasteiger partial charge is 0.324 e. The molecule has 3 heteroatoms. The first-order chi connectivity index (χ1) is 6.49. The van der Waals surface area contributed by atoms with E-state index in [9.17, 15) is 0 Å². The highest BCUT2D eigenvalue weighted by Gasteiger charge is 2.09. The zero-order chi connectivity index (χ0) is 10.7. The molecule has 0 fully saturated rings. The van der Waals surface area contributed by atoms with Gasteiger partial charge in [-0.25, -0.2) is 0 Å². The average Bonchev–Trinajstić information content (AvgIpc) is 2.00. The Bertz CT molecular complexity index is 292. The Morgan fingerprint density at radius 1 is 1.36 bits per heavy atom. The van der Waals surface area contributed by atoms with Crippen molar-refractivity contribution in [2.75, 3.05) is 0 Å². The van der Waals surface area contributed by atoms with Crippen LogP contribution < -0.4 is 5.73 Å². The molecule has 2 N–H and O–H groups in total. The molecule has 0 amide bonds. The Morgan fingerprint density at radius 3 is 2.50 bits per heavy atom. The standard InChI is InChI=1S/C11H15BrClN/c1-7(2)3-11(14)8-4-9(12)6-10(13)5-8/h4-7,11H,3,14H2,1-2H3. The van der Waals surface area contributed by atoms with Crippen LogP contribution >= 0.6 is 27.5 Å². The maximum atomic E-state index is 6.05. The summed E-state index contributed by atoms with van der Waals surface area (Å²) in [5.74, 6) is 0.600. The fourth-order valence-electron chi connectivity index (χ4n) is 1.43. The quantitative estimate of drug-likeness (QED) is 0.882. The topological polar surface area (TPSA) is 26.0 Å². The van der Waals surface area contributed by atoms with Crippen molar-refractivity contribution in [2.24, 2.45) is 11.7 Å². The molecule has 1 aromatic rings. The number of benzene rings is 1. The number of hydrogen-bond acceptors (Lipinski definition) is 1. The summed E-state index contributed by atoms with van der Waals surface area (Å²) < 4.78 is 0.985. The van der Waals surface area contributed by atoms with Crippen LogP contribution in [0.5, 0.6) is 0 Å². The molecular formula is C11H15BrClN. The molecule has 0 saturated heterocycles. The van der Waals surface area contributed by atoms with Crippen LogP contribution in [0.4, 0.5) is 0 Å². The van der Waals surface area contributed by atoms with Gasteiger partial charge in [0.1, 0.15) is 0 Å². The van der Waals surface area contributed by atoms with Crippen LogP contribution in [0.3, 0.4) is 0 Å². The third kappa shape index (κ3) is 3.60. The van der Waals surface area contributed by atoms with Gasteiger partial charge in [0.15, 0.2) is 0 Å². The van der Waals surface area contributed by atoms with Crippen LogP contribution in [0.1, 0.15) is 31.9 Å². The van der Waals surface area contributed by atoms with Gasteiger partial charge in [-0.15, -0.1) is 0 Å². The van der Waals surface area contributed by atoms with Gasteiger partial charge in [-0.05, 0) is 36.1 Å². The lowest BCUT2D eigenvalue weighted by Gasteiger charge is -2.15. The van der Waals surface area contributed by atoms with Crippen LogP contribution in [-0.4, -0.2) is 0 Å². The molecular weight excluding hydrogens is 261 g/mol. The first kappa shape index (κ1) is 12.0. The Morgan fingerprint density at radius 2 is 2.00 bits per heavy atom. The molecule has 1 aromatic carbocycles. The monoisotopic (exact) mass is 275 g/mol. The van der Waals surface area contributed by atoms with E-state index in [2.05, 4.69) is 29.8 Å². The summed E-state index contributed by atoms with van der Waals surface area (Å²) in [4.78, 5) is 0. The Hall–Kier alpha value is -0.0500. The van der Waals surface area contributed by atoms with E-state index in [1.165, 1.54) is 0 Å². The van der Waals surface area contributed by atoms with E-state index >= 15 is 0 Å².